The molecule has 1 aliphatic carbocycles. The fourth-order valence-corrected chi connectivity index (χ4v) is 5.36. The minimum atomic E-state index is 0.190. The molecule has 1 saturated heterocycles. The zero-order valence-corrected chi connectivity index (χ0v) is 19.4. The number of amides is 2. The molecule has 4 rings (SSSR count). The summed E-state index contributed by atoms with van der Waals surface area (Å²) in [6.07, 6.45) is 9.39. The zero-order chi connectivity index (χ0) is 22.0. The monoisotopic (exact) mass is 427 g/mol. The Hall–Kier alpha value is -2.02. The van der Waals surface area contributed by atoms with Crippen LogP contribution in [0.25, 0.3) is 0 Å². The standard InChI is InChI=1S/C24H37N5O2/c1-17-20-9-10-21(30)29(15-18-7-5-4-6-8-18)24(20)26-23(25-17)19-11-13-28(14-12-19)22(31)16-27(2)3/h18-19H,4-16H2,1-3H3. The van der Waals surface area contributed by atoms with Crippen molar-refractivity contribution >= 4 is 17.6 Å². The number of rotatable bonds is 5. The van der Waals surface area contributed by atoms with Gasteiger partial charge in [-0.15, -0.1) is 0 Å². The van der Waals surface area contributed by atoms with E-state index >= 15 is 0 Å². The molecule has 0 atom stereocenters. The number of nitrogens with zero attached hydrogens (tertiary/aromatic N) is 5. The Morgan fingerprint density at radius 2 is 1.74 bits per heavy atom. The summed E-state index contributed by atoms with van der Waals surface area (Å²) in [7, 11) is 3.85. The van der Waals surface area contributed by atoms with E-state index in [-0.39, 0.29) is 17.7 Å². The van der Waals surface area contributed by atoms with E-state index in [0.717, 1.165) is 61.8 Å². The van der Waals surface area contributed by atoms with Crippen LogP contribution in [-0.4, -0.2) is 71.9 Å². The van der Waals surface area contributed by atoms with Crippen LogP contribution in [0.3, 0.4) is 0 Å². The van der Waals surface area contributed by atoms with Crippen molar-refractivity contribution < 1.29 is 9.59 Å². The van der Waals surface area contributed by atoms with E-state index in [1.54, 1.807) is 0 Å². The van der Waals surface area contributed by atoms with Crippen LogP contribution in [0.4, 0.5) is 5.82 Å². The Kier molecular flexibility index (Phi) is 6.89. The van der Waals surface area contributed by atoms with Gasteiger partial charge in [0.05, 0.1) is 6.54 Å². The molecule has 0 unspecified atom stereocenters. The molecular weight excluding hydrogens is 390 g/mol. The van der Waals surface area contributed by atoms with Crippen molar-refractivity contribution in [3.8, 4) is 0 Å². The summed E-state index contributed by atoms with van der Waals surface area (Å²) in [5, 5.41) is 0. The van der Waals surface area contributed by atoms with Gasteiger partial charge in [0.2, 0.25) is 11.8 Å². The summed E-state index contributed by atoms with van der Waals surface area (Å²) >= 11 is 0. The lowest BCUT2D eigenvalue weighted by Gasteiger charge is -2.35. The molecule has 1 aromatic rings. The first kappa shape index (κ1) is 22.2. The molecule has 3 heterocycles. The van der Waals surface area contributed by atoms with Gasteiger partial charge in [-0.25, -0.2) is 9.97 Å². The molecule has 3 aliphatic rings. The van der Waals surface area contributed by atoms with Gasteiger partial charge in [-0.3, -0.25) is 14.5 Å². The molecule has 2 fully saturated rings. The van der Waals surface area contributed by atoms with Crippen LogP contribution in [0.15, 0.2) is 0 Å². The number of anilines is 1. The molecular formula is C24H37N5O2. The number of piperidine rings is 1. The summed E-state index contributed by atoms with van der Waals surface area (Å²) in [6, 6.07) is 0. The number of likely N-dealkylation sites (tertiary alicyclic amines) is 1. The Morgan fingerprint density at radius 3 is 2.42 bits per heavy atom. The highest BCUT2D eigenvalue weighted by molar-refractivity contribution is 5.95. The van der Waals surface area contributed by atoms with Crippen LogP contribution in [0.5, 0.6) is 0 Å². The summed E-state index contributed by atoms with van der Waals surface area (Å²) in [6.45, 7) is 4.83. The van der Waals surface area contributed by atoms with Crippen LogP contribution in [-0.2, 0) is 16.0 Å². The lowest BCUT2D eigenvalue weighted by molar-refractivity contribution is -0.132. The second-order valence-corrected chi connectivity index (χ2v) is 9.87. The number of aryl methyl sites for hydroxylation is 1. The lowest BCUT2D eigenvalue weighted by atomic mass is 9.88. The second kappa shape index (κ2) is 9.63. The predicted octanol–water partition coefficient (Wildman–Crippen LogP) is 2.91. The van der Waals surface area contributed by atoms with E-state index in [0.29, 0.717) is 18.9 Å². The first-order valence-corrected chi connectivity index (χ1v) is 12.0. The van der Waals surface area contributed by atoms with Gasteiger partial charge < -0.3 is 9.80 Å². The Balaban J connectivity index is 1.50. The molecule has 7 nitrogen and oxygen atoms in total. The van der Waals surface area contributed by atoms with E-state index in [4.69, 9.17) is 9.97 Å². The highest BCUT2D eigenvalue weighted by Gasteiger charge is 2.32. The number of hydrogen-bond donors (Lipinski definition) is 0. The Bertz CT molecular complexity index is 810. The maximum Gasteiger partial charge on any atom is 0.236 e. The van der Waals surface area contributed by atoms with Gasteiger partial charge in [-0.05, 0) is 59.0 Å². The fraction of sp³-hybridized carbons (Fsp3) is 0.750. The number of fused-ring (bicyclic) bond motifs is 1. The highest BCUT2D eigenvalue weighted by atomic mass is 16.2. The van der Waals surface area contributed by atoms with Crippen LogP contribution in [0.1, 0.15) is 74.4 Å². The zero-order valence-electron chi connectivity index (χ0n) is 19.4. The largest absolute Gasteiger partial charge is 0.342 e. The minimum Gasteiger partial charge on any atom is -0.342 e. The third kappa shape index (κ3) is 5.08. The van der Waals surface area contributed by atoms with Gasteiger partial charge in [0.15, 0.2) is 0 Å². The third-order valence-corrected chi connectivity index (χ3v) is 7.18. The van der Waals surface area contributed by atoms with Gasteiger partial charge in [0.1, 0.15) is 11.6 Å². The topological polar surface area (TPSA) is 69.6 Å². The molecule has 31 heavy (non-hydrogen) atoms. The summed E-state index contributed by atoms with van der Waals surface area (Å²) in [5.74, 6) is 2.98. The highest BCUT2D eigenvalue weighted by Crippen LogP contribution is 2.34. The van der Waals surface area contributed by atoms with Crippen molar-refractivity contribution in [2.24, 2.45) is 5.92 Å². The number of carbonyl (C=O) groups excluding carboxylic acids is 2. The SMILES string of the molecule is Cc1nc(C2CCN(C(=O)CN(C)C)CC2)nc2c1CCC(=O)N2CC1CCCCC1. The van der Waals surface area contributed by atoms with Gasteiger partial charge in [-0.1, -0.05) is 19.3 Å². The fourth-order valence-electron chi connectivity index (χ4n) is 5.36. The van der Waals surface area contributed by atoms with Crippen molar-refractivity contribution in [2.45, 2.75) is 70.6 Å². The van der Waals surface area contributed by atoms with Crippen LogP contribution in [0.2, 0.25) is 0 Å². The second-order valence-electron chi connectivity index (χ2n) is 9.87. The van der Waals surface area contributed by atoms with E-state index < -0.39 is 0 Å². The van der Waals surface area contributed by atoms with E-state index in [1.165, 1.54) is 32.1 Å². The van der Waals surface area contributed by atoms with E-state index in [1.807, 2.05) is 28.8 Å². The molecule has 2 amide bonds. The predicted molar refractivity (Wildman–Crippen MR) is 121 cm³/mol. The molecule has 0 spiro atoms. The van der Waals surface area contributed by atoms with Crippen molar-refractivity contribution in [2.75, 3.05) is 45.2 Å². The van der Waals surface area contributed by atoms with Gasteiger partial charge in [0, 0.05) is 43.2 Å². The molecule has 170 valence electrons. The first-order valence-electron chi connectivity index (χ1n) is 12.0. The summed E-state index contributed by atoms with van der Waals surface area (Å²) in [4.78, 5) is 40.9. The number of likely N-dealkylation sites (N-methyl/N-ethyl adjacent to an activating group) is 1. The van der Waals surface area contributed by atoms with Crippen molar-refractivity contribution in [3.05, 3.63) is 17.1 Å². The normalized spacial score (nSPS) is 21.0. The maximum absolute atomic E-state index is 12.9. The van der Waals surface area contributed by atoms with E-state index in [2.05, 4.69) is 6.92 Å². The molecule has 0 bridgehead atoms. The van der Waals surface area contributed by atoms with Crippen molar-refractivity contribution in [1.29, 1.82) is 0 Å². The smallest absolute Gasteiger partial charge is 0.236 e. The first-order chi connectivity index (χ1) is 14.9. The molecule has 0 N–H and O–H groups in total. The Labute approximate surface area is 186 Å². The van der Waals surface area contributed by atoms with E-state index in [9.17, 15) is 9.59 Å². The minimum absolute atomic E-state index is 0.190. The van der Waals surface area contributed by atoms with Gasteiger partial charge in [-0.2, -0.15) is 0 Å². The molecule has 0 aromatic carbocycles. The van der Waals surface area contributed by atoms with Crippen LogP contribution in [0, 0.1) is 12.8 Å². The lowest BCUT2D eigenvalue weighted by Crippen LogP contribution is -2.43. The average molecular weight is 428 g/mol. The molecule has 7 heteroatoms. The number of hydrogen-bond acceptors (Lipinski definition) is 5. The van der Waals surface area contributed by atoms with Gasteiger partial charge >= 0.3 is 0 Å². The number of carbonyl (C=O) groups is 2. The van der Waals surface area contributed by atoms with Crippen molar-refractivity contribution in [1.82, 2.24) is 19.8 Å². The molecule has 0 radical (unpaired) electrons. The average Bonchev–Trinajstić information content (AvgIpc) is 2.76. The quantitative estimate of drug-likeness (QED) is 0.723. The molecule has 1 saturated carbocycles. The third-order valence-electron chi connectivity index (χ3n) is 7.18. The van der Waals surface area contributed by atoms with Crippen LogP contribution < -0.4 is 4.90 Å². The summed E-state index contributed by atoms with van der Waals surface area (Å²) < 4.78 is 0. The number of aromatic nitrogens is 2. The maximum atomic E-state index is 12.9. The summed E-state index contributed by atoms with van der Waals surface area (Å²) in [5.41, 5.74) is 2.17. The van der Waals surface area contributed by atoms with Gasteiger partial charge in [0.25, 0.3) is 0 Å². The molecule has 1 aromatic heterocycles. The van der Waals surface area contributed by atoms with Crippen molar-refractivity contribution in [3.63, 3.8) is 0 Å². The molecule has 2 aliphatic heterocycles. The van der Waals surface area contributed by atoms with Crippen LogP contribution >= 0.6 is 0 Å². The Morgan fingerprint density at radius 1 is 1.03 bits per heavy atom.